The largest absolute Gasteiger partial charge is 0.272 e. The molecule has 0 bridgehead atoms. The van der Waals surface area contributed by atoms with E-state index in [9.17, 15) is 9.59 Å². The number of tetrazole rings is 1. The van der Waals surface area contributed by atoms with Gasteiger partial charge in [0.15, 0.2) is 0 Å². The molecule has 0 saturated heterocycles. The van der Waals surface area contributed by atoms with E-state index in [0.29, 0.717) is 17.9 Å². The molecule has 1 heterocycles. The van der Waals surface area contributed by atoms with Crippen LogP contribution >= 0.6 is 11.8 Å². The van der Waals surface area contributed by atoms with E-state index < -0.39 is 0 Å². The van der Waals surface area contributed by atoms with Gasteiger partial charge in [-0.25, -0.2) is 0 Å². The van der Waals surface area contributed by atoms with Crippen molar-refractivity contribution in [2.75, 3.05) is 5.75 Å². The maximum absolute atomic E-state index is 12.4. The fraction of sp³-hybridized carbons (Fsp3) is 0.192. The highest BCUT2D eigenvalue weighted by atomic mass is 32.2. The second kappa shape index (κ2) is 10.5. The summed E-state index contributed by atoms with van der Waals surface area (Å²) < 4.78 is 0. The molecule has 1 aliphatic carbocycles. The van der Waals surface area contributed by atoms with Crippen molar-refractivity contribution in [2.24, 2.45) is 0 Å². The molecule has 0 atom stereocenters. The van der Waals surface area contributed by atoms with Gasteiger partial charge in [-0.1, -0.05) is 48.5 Å². The lowest BCUT2D eigenvalue weighted by molar-refractivity contribution is -0.119. The molecule has 5 rings (SSSR count). The van der Waals surface area contributed by atoms with Gasteiger partial charge in [0.25, 0.3) is 5.91 Å². The van der Waals surface area contributed by atoms with E-state index in [4.69, 9.17) is 0 Å². The van der Waals surface area contributed by atoms with Crippen LogP contribution in [0.2, 0.25) is 0 Å². The molecule has 0 fully saturated rings. The molecule has 35 heavy (non-hydrogen) atoms. The number of carbonyl (C=O) groups excluding carboxylic acids is 2. The van der Waals surface area contributed by atoms with Crippen LogP contribution in [0.25, 0.3) is 11.4 Å². The summed E-state index contributed by atoms with van der Waals surface area (Å²) in [6.07, 6.45) is 3.44. The molecular formula is C26H24N6O2S. The number of aryl methyl sites for hydroxylation is 2. The van der Waals surface area contributed by atoms with Crippen LogP contribution in [-0.4, -0.2) is 37.8 Å². The van der Waals surface area contributed by atoms with E-state index in [2.05, 4.69) is 44.5 Å². The SMILES string of the molecule is O=C(CSc1ccc2c(c1)CCC2)NNC(=O)c1ccc(Cn2nnc(-c3ccccc3)n2)cc1. The highest BCUT2D eigenvalue weighted by Gasteiger charge is 2.13. The van der Waals surface area contributed by atoms with Gasteiger partial charge in [0.05, 0.1) is 12.3 Å². The van der Waals surface area contributed by atoms with Crippen molar-refractivity contribution < 1.29 is 9.59 Å². The fourth-order valence-electron chi connectivity index (χ4n) is 3.96. The van der Waals surface area contributed by atoms with Crippen LogP contribution in [0.3, 0.4) is 0 Å². The topological polar surface area (TPSA) is 102 Å². The van der Waals surface area contributed by atoms with Crippen LogP contribution in [0, 0.1) is 0 Å². The van der Waals surface area contributed by atoms with Gasteiger partial charge in [-0.15, -0.1) is 22.0 Å². The van der Waals surface area contributed by atoms with E-state index in [1.807, 2.05) is 42.5 Å². The first-order valence-electron chi connectivity index (χ1n) is 11.4. The molecule has 0 aliphatic heterocycles. The number of hydrogen-bond donors (Lipinski definition) is 2. The zero-order chi connectivity index (χ0) is 24.0. The second-order valence-electron chi connectivity index (χ2n) is 8.28. The van der Waals surface area contributed by atoms with E-state index in [-0.39, 0.29) is 17.6 Å². The van der Waals surface area contributed by atoms with Gasteiger partial charge < -0.3 is 0 Å². The summed E-state index contributed by atoms with van der Waals surface area (Å²) in [5.41, 5.74) is 10.0. The number of benzene rings is 3. The Morgan fingerprint density at radius 1 is 0.914 bits per heavy atom. The van der Waals surface area contributed by atoms with E-state index in [1.165, 1.54) is 34.1 Å². The third-order valence-electron chi connectivity index (χ3n) is 5.78. The molecule has 0 spiro atoms. The highest BCUT2D eigenvalue weighted by Crippen LogP contribution is 2.27. The van der Waals surface area contributed by atoms with Crippen molar-refractivity contribution in [3.8, 4) is 11.4 Å². The molecule has 176 valence electrons. The molecule has 0 unspecified atom stereocenters. The Kier molecular flexibility index (Phi) is 6.85. The summed E-state index contributed by atoms with van der Waals surface area (Å²) >= 11 is 1.46. The van der Waals surface area contributed by atoms with Gasteiger partial charge >= 0.3 is 0 Å². The number of carbonyl (C=O) groups is 2. The summed E-state index contributed by atoms with van der Waals surface area (Å²) in [5.74, 6) is 0.157. The number of aromatic nitrogens is 4. The lowest BCUT2D eigenvalue weighted by atomic mass is 10.1. The molecule has 1 aliphatic rings. The van der Waals surface area contributed by atoms with Crippen molar-refractivity contribution in [3.05, 3.63) is 95.1 Å². The standard InChI is InChI=1S/C26H24N6O2S/c33-24(17-35-23-14-13-19-7-4-8-22(19)15-23)27-29-26(34)21-11-9-18(10-12-21)16-32-30-25(28-31-32)20-5-2-1-3-6-20/h1-3,5-6,9-15H,4,7-8,16-17H2,(H,27,33)(H,29,34). The van der Waals surface area contributed by atoms with E-state index in [1.54, 1.807) is 12.1 Å². The third kappa shape index (κ3) is 5.75. The normalized spacial score (nSPS) is 12.2. The first-order valence-corrected chi connectivity index (χ1v) is 12.4. The Bertz CT molecular complexity index is 1340. The van der Waals surface area contributed by atoms with Crippen LogP contribution < -0.4 is 10.9 Å². The van der Waals surface area contributed by atoms with Crippen molar-refractivity contribution in [1.82, 2.24) is 31.1 Å². The average molecular weight is 485 g/mol. The highest BCUT2D eigenvalue weighted by molar-refractivity contribution is 8.00. The van der Waals surface area contributed by atoms with Gasteiger partial charge in [-0.05, 0) is 65.4 Å². The van der Waals surface area contributed by atoms with Crippen molar-refractivity contribution in [2.45, 2.75) is 30.7 Å². The summed E-state index contributed by atoms with van der Waals surface area (Å²) in [6.45, 7) is 0.429. The number of rotatable bonds is 7. The molecule has 8 nitrogen and oxygen atoms in total. The van der Waals surface area contributed by atoms with Gasteiger partial charge in [-0.3, -0.25) is 20.4 Å². The lowest BCUT2D eigenvalue weighted by Crippen LogP contribution is -2.42. The predicted octanol–water partition coefficient (Wildman–Crippen LogP) is 3.43. The Morgan fingerprint density at radius 3 is 2.54 bits per heavy atom. The van der Waals surface area contributed by atoms with Crippen molar-refractivity contribution >= 4 is 23.6 Å². The number of nitrogens with zero attached hydrogens (tertiary/aromatic N) is 4. The smallest absolute Gasteiger partial charge is 0.269 e. The quantitative estimate of drug-likeness (QED) is 0.308. The van der Waals surface area contributed by atoms with Crippen LogP contribution in [0.15, 0.2) is 77.7 Å². The Hall–Kier alpha value is -3.98. The monoisotopic (exact) mass is 484 g/mol. The molecule has 3 aromatic carbocycles. The molecule has 0 saturated carbocycles. The van der Waals surface area contributed by atoms with Crippen LogP contribution in [0.1, 0.15) is 33.5 Å². The molecule has 1 aromatic heterocycles. The van der Waals surface area contributed by atoms with Gasteiger partial charge in [-0.2, -0.15) is 4.80 Å². The lowest BCUT2D eigenvalue weighted by Gasteiger charge is -2.08. The summed E-state index contributed by atoms with van der Waals surface area (Å²) in [7, 11) is 0. The minimum atomic E-state index is -0.377. The Balaban J connectivity index is 1.09. The third-order valence-corrected chi connectivity index (χ3v) is 6.77. The summed E-state index contributed by atoms with van der Waals surface area (Å²) in [5, 5.41) is 12.6. The second-order valence-corrected chi connectivity index (χ2v) is 9.33. The molecular weight excluding hydrogens is 460 g/mol. The van der Waals surface area contributed by atoms with E-state index >= 15 is 0 Å². The maximum atomic E-state index is 12.4. The molecule has 2 amide bonds. The molecule has 0 radical (unpaired) electrons. The van der Waals surface area contributed by atoms with Crippen LogP contribution in [-0.2, 0) is 24.2 Å². The fourth-order valence-corrected chi connectivity index (χ4v) is 4.72. The average Bonchev–Trinajstić information content (AvgIpc) is 3.56. The number of hydrazine groups is 1. The summed E-state index contributed by atoms with van der Waals surface area (Å²) in [6, 6.07) is 23.1. The van der Waals surface area contributed by atoms with Crippen LogP contribution in [0.4, 0.5) is 0 Å². The number of hydrogen-bond acceptors (Lipinski definition) is 6. The first-order chi connectivity index (χ1) is 17.1. The number of fused-ring (bicyclic) bond motifs is 1. The predicted molar refractivity (Wildman–Crippen MR) is 134 cm³/mol. The zero-order valence-corrected chi connectivity index (χ0v) is 19.8. The summed E-state index contributed by atoms with van der Waals surface area (Å²) in [4.78, 5) is 27.2. The Morgan fingerprint density at radius 2 is 1.71 bits per heavy atom. The number of thioether (sulfide) groups is 1. The van der Waals surface area contributed by atoms with Gasteiger partial charge in [0.1, 0.15) is 0 Å². The minimum absolute atomic E-state index is 0.230. The van der Waals surface area contributed by atoms with Crippen molar-refractivity contribution in [1.29, 1.82) is 0 Å². The van der Waals surface area contributed by atoms with Gasteiger partial charge in [0.2, 0.25) is 11.7 Å². The molecule has 9 heteroatoms. The maximum Gasteiger partial charge on any atom is 0.269 e. The van der Waals surface area contributed by atoms with Gasteiger partial charge in [0, 0.05) is 16.0 Å². The number of nitrogens with one attached hydrogen (secondary N) is 2. The van der Waals surface area contributed by atoms with Crippen LogP contribution in [0.5, 0.6) is 0 Å². The van der Waals surface area contributed by atoms with Crippen molar-refractivity contribution in [3.63, 3.8) is 0 Å². The number of amides is 2. The molecule has 2 N–H and O–H groups in total. The Labute approximate surface area is 207 Å². The van der Waals surface area contributed by atoms with E-state index in [0.717, 1.165) is 28.9 Å². The molecule has 4 aromatic rings. The zero-order valence-electron chi connectivity index (χ0n) is 19.0. The first kappa shape index (κ1) is 22.8. The minimum Gasteiger partial charge on any atom is -0.272 e.